The summed E-state index contributed by atoms with van der Waals surface area (Å²) in [4.78, 5) is 7.70. The third kappa shape index (κ3) is 3.40. The summed E-state index contributed by atoms with van der Waals surface area (Å²) >= 11 is 0. The smallest absolute Gasteiger partial charge is 0.163 e. The molecule has 170 valence electrons. The van der Waals surface area contributed by atoms with Crippen LogP contribution in [0.25, 0.3) is 11.3 Å². The molecule has 0 bridgehead atoms. The first-order valence-electron chi connectivity index (χ1n) is 12.0. The first kappa shape index (κ1) is 21.6. The Balaban J connectivity index is 1.68. The molecule has 0 saturated carbocycles. The largest absolute Gasteiger partial charge is 0.310 e. The van der Waals surface area contributed by atoms with Crippen LogP contribution in [-0.4, -0.2) is 0 Å². The van der Waals surface area contributed by atoms with Crippen LogP contribution < -0.4 is 15.5 Å². The van der Waals surface area contributed by atoms with E-state index in [1.54, 1.807) is 0 Å². The van der Waals surface area contributed by atoms with Crippen LogP contribution in [0, 0.1) is 22.7 Å². The number of benzene rings is 4. The maximum Gasteiger partial charge on any atom is 0.163 e. The molecule has 36 heavy (non-hydrogen) atoms. The molecular formula is C32H22N4. The van der Waals surface area contributed by atoms with Crippen molar-refractivity contribution in [3.63, 3.8) is 0 Å². The Labute approximate surface area is 210 Å². The van der Waals surface area contributed by atoms with E-state index in [0.717, 1.165) is 34.3 Å². The molecule has 0 saturated heterocycles. The molecular weight excluding hydrogens is 440 g/mol. The van der Waals surface area contributed by atoms with Crippen LogP contribution in [0.1, 0.15) is 29.0 Å². The Hall–Kier alpha value is -4.93. The molecule has 0 spiro atoms. The normalized spacial score (nSPS) is 19.7. The zero-order chi connectivity index (χ0) is 24.5. The quantitative estimate of drug-likeness (QED) is 0.409. The minimum Gasteiger partial charge on any atom is -0.310 e. The second-order valence-electron chi connectivity index (χ2n) is 9.07. The van der Waals surface area contributed by atoms with Gasteiger partial charge in [-0.05, 0) is 23.3 Å². The summed E-state index contributed by atoms with van der Waals surface area (Å²) < 4.78 is 0. The molecule has 2 atom stereocenters. The van der Waals surface area contributed by atoms with E-state index in [4.69, 9.17) is 4.99 Å². The number of fused-ring (bicyclic) bond motifs is 3. The zero-order valence-electron chi connectivity index (χ0n) is 19.5. The van der Waals surface area contributed by atoms with E-state index < -0.39 is 5.66 Å². The van der Waals surface area contributed by atoms with Gasteiger partial charge in [-0.2, -0.15) is 10.5 Å². The lowest BCUT2D eigenvalue weighted by atomic mass is 9.79. The molecule has 0 aromatic heterocycles. The van der Waals surface area contributed by atoms with E-state index in [-0.39, 0.29) is 11.5 Å². The van der Waals surface area contributed by atoms with Gasteiger partial charge >= 0.3 is 0 Å². The Morgan fingerprint density at radius 3 is 2.11 bits per heavy atom. The molecule has 4 aromatic carbocycles. The van der Waals surface area contributed by atoms with Crippen molar-refractivity contribution in [1.29, 1.82) is 10.5 Å². The van der Waals surface area contributed by atoms with Crippen molar-refractivity contribution in [1.82, 2.24) is 0 Å². The third-order valence-electron chi connectivity index (χ3n) is 7.04. The van der Waals surface area contributed by atoms with E-state index in [1.165, 1.54) is 5.56 Å². The fourth-order valence-electron chi connectivity index (χ4n) is 5.42. The van der Waals surface area contributed by atoms with Gasteiger partial charge in [0.25, 0.3) is 0 Å². The molecule has 0 unspecified atom stereocenters. The van der Waals surface area contributed by atoms with Crippen molar-refractivity contribution in [3.8, 4) is 12.1 Å². The molecule has 4 nitrogen and oxygen atoms in total. The number of nitrogens with zero attached hydrogens (tertiary/aromatic N) is 4. The highest BCUT2D eigenvalue weighted by molar-refractivity contribution is 5.85. The predicted molar refractivity (Wildman–Crippen MR) is 141 cm³/mol. The number of allylic oxidation sites excluding steroid dienone is 1. The molecule has 4 aromatic rings. The highest BCUT2D eigenvalue weighted by Gasteiger charge is 2.48. The Kier molecular flexibility index (Phi) is 5.21. The second kappa shape index (κ2) is 8.69. The van der Waals surface area contributed by atoms with Gasteiger partial charge in [0, 0.05) is 28.8 Å². The average Bonchev–Trinajstić information content (AvgIpc) is 3.30. The molecule has 0 aliphatic carbocycles. The molecule has 0 fully saturated rings. The topological polar surface area (TPSA) is 63.2 Å². The highest BCUT2D eigenvalue weighted by atomic mass is 15.3. The van der Waals surface area contributed by atoms with Crippen molar-refractivity contribution in [2.24, 2.45) is 4.99 Å². The first-order valence-corrected chi connectivity index (χ1v) is 12.0. The highest BCUT2D eigenvalue weighted by Crippen LogP contribution is 2.51. The lowest BCUT2D eigenvalue weighted by Gasteiger charge is -2.45. The molecule has 0 radical (unpaired) electrons. The lowest BCUT2D eigenvalue weighted by Crippen LogP contribution is -2.45. The van der Waals surface area contributed by atoms with E-state index >= 15 is 0 Å². The van der Waals surface area contributed by atoms with Crippen molar-refractivity contribution in [2.45, 2.75) is 18.0 Å². The van der Waals surface area contributed by atoms with Crippen molar-refractivity contribution >= 4 is 17.0 Å². The van der Waals surface area contributed by atoms with Crippen LogP contribution in [0.4, 0.5) is 5.69 Å². The zero-order valence-corrected chi connectivity index (χ0v) is 19.5. The Morgan fingerprint density at radius 1 is 0.806 bits per heavy atom. The van der Waals surface area contributed by atoms with Gasteiger partial charge in [-0.3, -0.25) is 4.99 Å². The third-order valence-corrected chi connectivity index (χ3v) is 7.04. The molecule has 2 heterocycles. The van der Waals surface area contributed by atoms with Gasteiger partial charge in [-0.15, -0.1) is 0 Å². The van der Waals surface area contributed by atoms with Crippen molar-refractivity contribution in [3.05, 3.63) is 143 Å². The molecule has 0 N–H and O–H groups in total. The van der Waals surface area contributed by atoms with Crippen molar-refractivity contribution in [2.75, 3.05) is 4.90 Å². The summed E-state index contributed by atoms with van der Waals surface area (Å²) in [6.07, 6.45) is 3.09. The number of rotatable bonds is 3. The summed E-state index contributed by atoms with van der Waals surface area (Å²) in [5.74, 6) is 0.149. The van der Waals surface area contributed by atoms with Gasteiger partial charge in [0.2, 0.25) is 0 Å². The Morgan fingerprint density at radius 2 is 1.44 bits per heavy atom. The van der Waals surface area contributed by atoms with Crippen LogP contribution >= 0.6 is 0 Å². The molecule has 6 rings (SSSR count). The maximum atomic E-state index is 9.52. The van der Waals surface area contributed by atoms with Crippen LogP contribution in [-0.2, 0) is 5.66 Å². The number of hydrogen-bond acceptors (Lipinski definition) is 4. The molecule has 4 heteroatoms. The Bertz CT molecular complexity index is 1660. The van der Waals surface area contributed by atoms with Crippen LogP contribution in [0.15, 0.2) is 120 Å². The average molecular weight is 463 g/mol. The fourth-order valence-corrected chi connectivity index (χ4v) is 5.42. The summed E-state index contributed by atoms with van der Waals surface area (Å²) in [6.45, 7) is 0. The van der Waals surface area contributed by atoms with Gasteiger partial charge < -0.3 is 4.90 Å². The van der Waals surface area contributed by atoms with Crippen LogP contribution in [0.5, 0.6) is 0 Å². The summed E-state index contributed by atoms with van der Waals surface area (Å²) in [6, 6.07) is 41.1. The van der Waals surface area contributed by atoms with Gasteiger partial charge in [-0.1, -0.05) is 103 Å². The van der Waals surface area contributed by atoms with Gasteiger partial charge in [0.05, 0.1) is 11.0 Å². The summed E-state index contributed by atoms with van der Waals surface area (Å²) in [5, 5.41) is 20.5. The standard InChI is InChI=1S/C32H22N4/c33-21-27(22-34)25-16-17-29-31(18-25)36-30(24-12-6-2-7-13-24)19-26(23-10-4-1-5-11-23)20-32(36,35-29)28-14-8-3-9-15-28/h1-19,26H,20H2/t26-,32-/m1/s1. The van der Waals surface area contributed by atoms with Gasteiger partial charge in [-0.25, -0.2) is 0 Å². The van der Waals surface area contributed by atoms with E-state index in [9.17, 15) is 10.5 Å². The lowest BCUT2D eigenvalue weighted by molar-refractivity contribution is 0.397. The van der Waals surface area contributed by atoms with E-state index in [2.05, 4.69) is 71.6 Å². The van der Waals surface area contributed by atoms with Crippen LogP contribution in [0.3, 0.4) is 0 Å². The number of anilines is 1. The van der Waals surface area contributed by atoms with E-state index in [0.29, 0.717) is 5.22 Å². The first-order chi connectivity index (χ1) is 17.7. The molecule has 2 aliphatic heterocycles. The van der Waals surface area contributed by atoms with Gasteiger partial charge in [0.1, 0.15) is 17.7 Å². The minimum absolute atomic E-state index is 0.0967. The maximum absolute atomic E-state index is 9.52. The summed E-state index contributed by atoms with van der Waals surface area (Å²) in [7, 11) is 0. The monoisotopic (exact) mass is 462 g/mol. The van der Waals surface area contributed by atoms with Crippen molar-refractivity contribution < 1.29 is 0 Å². The number of nitriles is 2. The van der Waals surface area contributed by atoms with E-state index in [1.807, 2.05) is 60.7 Å². The van der Waals surface area contributed by atoms with Crippen LogP contribution in [0.2, 0.25) is 0 Å². The fraction of sp³-hybridized carbons (Fsp3) is 0.0938. The molecule has 0 amide bonds. The number of hydrogen-bond donors (Lipinski definition) is 0. The minimum atomic E-state index is -0.665. The predicted octanol–water partition coefficient (Wildman–Crippen LogP) is 5.41. The SMILES string of the molecule is N#CC(C#N)=c1ccc2c(c1)N1C(c3ccccc3)=C[C@@H](c3ccccc3)C[C@@]1(c1ccccc1)N=2. The second-order valence-corrected chi connectivity index (χ2v) is 9.07. The summed E-state index contributed by atoms with van der Waals surface area (Å²) in [5.41, 5.74) is 4.85. The molecule has 2 aliphatic rings. The van der Waals surface area contributed by atoms with Gasteiger partial charge in [0.15, 0.2) is 5.66 Å².